The predicted octanol–water partition coefficient (Wildman–Crippen LogP) is 5.33. The molecule has 25 heavy (non-hydrogen) atoms. The van der Waals surface area contributed by atoms with Gasteiger partial charge in [-0.3, -0.25) is 0 Å². The molecule has 2 aromatic carbocycles. The van der Waals surface area contributed by atoms with Gasteiger partial charge in [-0.25, -0.2) is 0 Å². The first-order chi connectivity index (χ1) is 12.1. The third-order valence-corrected chi connectivity index (χ3v) is 6.12. The zero-order chi connectivity index (χ0) is 17.4. The topological polar surface area (TPSA) is 29.5 Å². The molecule has 0 amide bonds. The van der Waals surface area contributed by atoms with Gasteiger partial charge in [0, 0.05) is 18.1 Å². The lowest BCUT2D eigenvalue weighted by Gasteiger charge is -2.35. The molecule has 1 heterocycles. The molecule has 0 aromatic heterocycles. The average Bonchev–Trinajstić information content (AvgIpc) is 2.88. The highest BCUT2D eigenvalue weighted by atomic mass is 35.5. The van der Waals surface area contributed by atoms with Crippen LogP contribution in [0.15, 0.2) is 36.4 Å². The molecule has 0 saturated carbocycles. The maximum absolute atomic E-state index is 10.5. The van der Waals surface area contributed by atoms with Crippen LogP contribution in [0.1, 0.15) is 66.5 Å². The van der Waals surface area contributed by atoms with Crippen LogP contribution in [0.2, 0.25) is 5.02 Å². The summed E-state index contributed by atoms with van der Waals surface area (Å²) >= 11 is 6.56. The van der Waals surface area contributed by atoms with Crippen molar-refractivity contribution in [3.8, 4) is 0 Å². The SMILES string of the molecule is CCc1ccc(Cc2cc3c(cc2Cl)C(O)CC32CCCCO2)cc1. The second-order valence-corrected chi connectivity index (χ2v) is 7.80. The van der Waals surface area contributed by atoms with Gasteiger partial charge >= 0.3 is 0 Å². The maximum atomic E-state index is 10.5. The number of hydrogen-bond donors (Lipinski definition) is 1. The highest BCUT2D eigenvalue weighted by Gasteiger charge is 2.45. The molecule has 132 valence electrons. The Balaban J connectivity index is 1.69. The van der Waals surface area contributed by atoms with Crippen molar-refractivity contribution < 1.29 is 9.84 Å². The molecule has 2 aliphatic rings. The fourth-order valence-corrected chi connectivity index (χ4v) is 4.55. The highest BCUT2D eigenvalue weighted by molar-refractivity contribution is 6.31. The summed E-state index contributed by atoms with van der Waals surface area (Å²) in [7, 11) is 0. The Morgan fingerprint density at radius 2 is 1.92 bits per heavy atom. The molecule has 4 rings (SSSR count). The van der Waals surface area contributed by atoms with Crippen molar-refractivity contribution in [2.75, 3.05) is 6.61 Å². The summed E-state index contributed by atoms with van der Waals surface area (Å²) < 4.78 is 6.20. The minimum atomic E-state index is -0.469. The average molecular weight is 357 g/mol. The highest BCUT2D eigenvalue weighted by Crippen LogP contribution is 2.51. The van der Waals surface area contributed by atoms with Gasteiger partial charge in [0.25, 0.3) is 0 Å². The van der Waals surface area contributed by atoms with Gasteiger partial charge in [-0.1, -0.05) is 48.9 Å². The van der Waals surface area contributed by atoms with Crippen LogP contribution in [0.25, 0.3) is 0 Å². The van der Waals surface area contributed by atoms with E-state index in [2.05, 4.69) is 37.3 Å². The van der Waals surface area contributed by atoms with Crippen molar-refractivity contribution in [1.82, 2.24) is 0 Å². The van der Waals surface area contributed by atoms with Crippen molar-refractivity contribution in [2.24, 2.45) is 0 Å². The largest absolute Gasteiger partial charge is 0.388 e. The van der Waals surface area contributed by atoms with Crippen molar-refractivity contribution in [3.05, 3.63) is 69.2 Å². The number of halogens is 1. The summed E-state index contributed by atoms with van der Waals surface area (Å²) in [6, 6.07) is 12.9. The van der Waals surface area contributed by atoms with Crippen LogP contribution < -0.4 is 0 Å². The Hall–Kier alpha value is -1.35. The molecule has 2 nitrogen and oxygen atoms in total. The molecule has 1 aliphatic carbocycles. The van der Waals surface area contributed by atoms with Crippen LogP contribution >= 0.6 is 11.6 Å². The Labute approximate surface area is 154 Å². The number of benzene rings is 2. The molecule has 1 saturated heterocycles. The van der Waals surface area contributed by atoms with Crippen molar-refractivity contribution in [1.29, 1.82) is 0 Å². The molecule has 0 bridgehead atoms. The Morgan fingerprint density at radius 3 is 2.60 bits per heavy atom. The monoisotopic (exact) mass is 356 g/mol. The van der Waals surface area contributed by atoms with Crippen LogP contribution in [0.4, 0.5) is 0 Å². The van der Waals surface area contributed by atoms with E-state index in [1.807, 2.05) is 6.07 Å². The van der Waals surface area contributed by atoms with E-state index in [9.17, 15) is 5.11 Å². The van der Waals surface area contributed by atoms with Crippen molar-refractivity contribution in [2.45, 2.75) is 57.2 Å². The number of aryl methyl sites for hydroxylation is 1. The fraction of sp³-hybridized carbons (Fsp3) is 0.455. The van der Waals surface area contributed by atoms with Gasteiger partial charge in [0.2, 0.25) is 0 Å². The predicted molar refractivity (Wildman–Crippen MR) is 101 cm³/mol. The summed E-state index contributed by atoms with van der Waals surface area (Å²) in [5.41, 5.74) is 5.53. The van der Waals surface area contributed by atoms with E-state index in [1.165, 1.54) is 11.1 Å². The van der Waals surface area contributed by atoms with Crippen LogP contribution in [0.3, 0.4) is 0 Å². The van der Waals surface area contributed by atoms with Gasteiger partial charge in [-0.2, -0.15) is 0 Å². The van der Waals surface area contributed by atoms with Gasteiger partial charge in [-0.15, -0.1) is 0 Å². The second kappa shape index (κ2) is 6.75. The molecule has 2 unspecified atom stereocenters. The lowest BCUT2D eigenvalue weighted by Crippen LogP contribution is -2.31. The molecular formula is C22H25ClO2. The quantitative estimate of drug-likeness (QED) is 0.805. The molecule has 2 aromatic rings. The van der Waals surface area contributed by atoms with E-state index in [4.69, 9.17) is 16.3 Å². The number of rotatable bonds is 3. The minimum Gasteiger partial charge on any atom is -0.388 e. The number of hydrogen-bond acceptors (Lipinski definition) is 2. The van der Waals surface area contributed by atoms with Crippen molar-refractivity contribution >= 4 is 11.6 Å². The number of fused-ring (bicyclic) bond motifs is 2. The molecule has 1 fully saturated rings. The first kappa shape index (κ1) is 17.1. The molecule has 1 aliphatic heterocycles. The van der Waals surface area contributed by atoms with Crippen LogP contribution in [0.5, 0.6) is 0 Å². The summed E-state index contributed by atoms with van der Waals surface area (Å²) in [4.78, 5) is 0. The van der Waals surface area contributed by atoms with Gasteiger partial charge < -0.3 is 9.84 Å². The first-order valence-electron chi connectivity index (χ1n) is 9.34. The van der Waals surface area contributed by atoms with E-state index in [1.54, 1.807) is 0 Å². The molecule has 3 heteroatoms. The summed E-state index contributed by atoms with van der Waals surface area (Å²) in [5, 5.41) is 11.3. The first-order valence-corrected chi connectivity index (χ1v) is 9.72. The van der Waals surface area contributed by atoms with E-state index in [-0.39, 0.29) is 5.60 Å². The Morgan fingerprint density at radius 1 is 1.16 bits per heavy atom. The lowest BCUT2D eigenvalue weighted by molar-refractivity contribution is -0.0958. The van der Waals surface area contributed by atoms with Gasteiger partial charge in [0.15, 0.2) is 0 Å². The fourth-order valence-electron chi connectivity index (χ4n) is 4.31. The molecule has 1 spiro atoms. The normalized spacial score (nSPS) is 25.3. The number of aliphatic hydroxyl groups is 1. The van der Waals surface area contributed by atoms with Crippen LogP contribution in [-0.2, 0) is 23.2 Å². The summed E-state index contributed by atoms with van der Waals surface area (Å²) in [6.07, 6.45) is 5.31. The van der Waals surface area contributed by atoms with E-state index < -0.39 is 6.10 Å². The zero-order valence-electron chi connectivity index (χ0n) is 14.7. The van der Waals surface area contributed by atoms with E-state index in [0.29, 0.717) is 6.42 Å². The molecule has 0 radical (unpaired) electrons. The van der Waals surface area contributed by atoms with E-state index in [0.717, 1.165) is 60.4 Å². The van der Waals surface area contributed by atoms with Crippen molar-refractivity contribution in [3.63, 3.8) is 0 Å². The maximum Gasteiger partial charge on any atom is 0.0963 e. The second-order valence-electron chi connectivity index (χ2n) is 7.40. The number of ether oxygens (including phenoxy) is 1. The Bertz CT molecular complexity index is 760. The lowest BCUT2D eigenvalue weighted by atomic mass is 9.86. The minimum absolute atomic E-state index is 0.307. The smallest absolute Gasteiger partial charge is 0.0963 e. The molecular weight excluding hydrogens is 332 g/mol. The molecule has 2 atom stereocenters. The number of aliphatic hydroxyl groups excluding tert-OH is 1. The van der Waals surface area contributed by atoms with Crippen LogP contribution in [0, 0.1) is 0 Å². The van der Waals surface area contributed by atoms with Crippen LogP contribution in [-0.4, -0.2) is 11.7 Å². The van der Waals surface area contributed by atoms with Gasteiger partial charge in [0.1, 0.15) is 0 Å². The third kappa shape index (κ3) is 3.12. The standard InChI is InChI=1S/C22H25ClO2/c1-2-15-5-7-16(8-6-15)11-17-12-19-18(13-20(17)23)21(24)14-22(19)9-3-4-10-25-22/h5-8,12-13,21,24H,2-4,9-11,14H2,1H3. The van der Waals surface area contributed by atoms with E-state index >= 15 is 0 Å². The zero-order valence-corrected chi connectivity index (χ0v) is 15.5. The van der Waals surface area contributed by atoms with Gasteiger partial charge in [-0.05, 0) is 66.0 Å². The third-order valence-electron chi connectivity index (χ3n) is 5.77. The van der Waals surface area contributed by atoms with Gasteiger partial charge in [0.05, 0.1) is 11.7 Å². The summed E-state index contributed by atoms with van der Waals surface area (Å²) in [6.45, 7) is 2.95. The molecule has 1 N–H and O–H groups in total. The summed E-state index contributed by atoms with van der Waals surface area (Å²) in [5.74, 6) is 0. The Kier molecular flexibility index (Phi) is 4.61.